The maximum Gasteiger partial charge on any atom is 0.303 e. The molecule has 1 atom stereocenters. The molecule has 0 aliphatic heterocycles. The Morgan fingerprint density at radius 3 is 2.26 bits per heavy atom. The Kier molecular flexibility index (Phi) is 6.19. The number of aliphatic carboxylic acids is 1. The summed E-state index contributed by atoms with van der Waals surface area (Å²) in [5.41, 5.74) is 1.74. The highest BCUT2D eigenvalue weighted by molar-refractivity contribution is 9.15. The number of anilines is 1. The van der Waals surface area contributed by atoms with Gasteiger partial charge in [0.2, 0.25) is 5.95 Å². The van der Waals surface area contributed by atoms with Crippen LogP contribution in [0.25, 0.3) is 11.0 Å². The van der Waals surface area contributed by atoms with E-state index in [4.69, 9.17) is 10.1 Å². The van der Waals surface area contributed by atoms with E-state index < -0.39 is 5.97 Å². The molecule has 1 N–H and O–H groups in total. The number of carboxylic acid groups (broad SMARTS) is 1. The summed E-state index contributed by atoms with van der Waals surface area (Å²) in [5, 5.41) is 9.02. The number of benzene rings is 1. The van der Waals surface area contributed by atoms with Crippen LogP contribution in [0.3, 0.4) is 0 Å². The van der Waals surface area contributed by atoms with Gasteiger partial charge in [0, 0.05) is 36.0 Å². The molecule has 1 aromatic carbocycles. The van der Waals surface area contributed by atoms with Crippen LogP contribution in [0.15, 0.2) is 17.9 Å². The first-order valence-electron chi connectivity index (χ1n) is 6.76. The molecule has 0 aliphatic rings. The van der Waals surface area contributed by atoms with Crippen molar-refractivity contribution in [1.29, 1.82) is 0 Å². The van der Waals surface area contributed by atoms with E-state index in [-0.39, 0.29) is 12.3 Å². The van der Waals surface area contributed by atoms with Crippen LogP contribution in [0.4, 0.5) is 5.95 Å². The van der Waals surface area contributed by atoms with Crippen LogP contribution in [0.1, 0.15) is 13.3 Å². The van der Waals surface area contributed by atoms with E-state index in [1.165, 1.54) is 0 Å². The molecular weight excluding hydrogens is 562 g/mol. The second kappa shape index (κ2) is 7.41. The Morgan fingerprint density at radius 1 is 1.17 bits per heavy atom. The molecule has 0 spiro atoms. The standard InChI is InChI=1S/C14H15Br4N3O2/c1-6(4-7(22)23)5-21-13-11(18)9(16)8(15)10(17)12(13)19-14(21)20(2)3/h6H,4-5H2,1-3H3,(H,22,23). The fourth-order valence-electron chi connectivity index (χ4n) is 2.41. The molecule has 0 radical (unpaired) electrons. The molecule has 0 amide bonds. The maximum atomic E-state index is 11.0. The van der Waals surface area contributed by atoms with Crippen LogP contribution in [-0.2, 0) is 11.3 Å². The Labute approximate surface area is 167 Å². The first-order chi connectivity index (χ1) is 10.6. The minimum absolute atomic E-state index is 0.0169. The highest BCUT2D eigenvalue weighted by atomic mass is 79.9. The summed E-state index contributed by atoms with van der Waals surface area (Å²) in [6, 6.07) is 0. The number of carbonyl (C=O) groups is 1. The molecule has 23 heavy (non-hydrogen) atoms. The molecule has 1 aromatic heterocycles. The number of aromatic nitrogens is 2. The van der Waals surface area contributed by atoms with E-state index in [0.717, 1.165) is 34.9 Å². The largest absolute Gasteiger partial charge is 0.481 e. The minimum Gasteiger partial charge on any atom is -0.481 e. The molecule has 9 heteroatoms. The fraction of sp³-hybridized carbons (Fsp3) is 0.429. The fourth-order valence-corrected chi connectivity index (χ4v) is 4.78. The molecule has 0 fully saturated rings. The lowest BCUT2D eigenvalue weighted by molar-refractivity contribution is -0.138. The number of hydrogen-bond acceptors (Lipinski definition) is 3. The van der Waals surface area contributed by atoms with Crippen molar-refractivity contribution < 1.29 is 9.90 Å². The molecule has 2 rings (SSSR count). The molecule has 0 aliphatic carbocycles. The summed E-state index contributed by atoms with van der Waals surface area (Å²) < 4.78 is 5.55. The summed E-state index contributed by atoms with van der Waals surface area (Å²) >= 11 is 14.3. The minimum atomic E-state index is -0.794. The van der Waals surface area contributed by atoms with Crippen LogP contribution in [-0.4, -0.2) is 34.7 Å². The molecule has 0 saturated carbocycles. The van der Waals surface area contributed by atoms with Gasteiger partial charge in [-0.1, -0.05) is 6.92 Å². The van der Waals surface area contributed by atoms with Gasteiger partial charge < -0.3 is 14.6 Å². The maximum absolute atomic E-state index is 11.0. The number of nitrogens with zero attached hydrogens (tertiary/aromatic N) is 3. The number of rotatable bonds is 5. The lowest BCUT2D eigenvalue weighted by Crippen LogP contribution is -2.19. The smallest absolute Gasteiger partial charge is 0.303 e. The monoisotopic (exact) mass is 573 g/mol. The van der Waals surface area contributed by atoms with E-state index in [2.05, 4.69) is 68.3 Å². The van der Waals surface area contributed by atoms with Gasteiger partial charge >= 0.3 is 5.97 Å². The summed E-state index contributed by atoms with van der Waals surface area (Å²) in [7, 11) is 3.84. The quantitative estimate of drug-likeness (QED) is 0.390. The molecule has 2 aromatic rings. The molecule has 0 bridgehead atoms. The zero-order valence-electron chi connectivity index (χ0n) is 12.7. The number of halogens is 4. The Hall–Kier alpha value is -0.120. The predicted octanol–water partition coefficient (Wildman–Crippen LogP) is 5.26. The van der Waals surface area contributed by atoms with Gasteiger partial charge in [-0.15, -0.1) is 0 Å². The first-order valence-corrected chi connectivity index (χ1v) is 9.93. The Balaban J connectivity index is 2.70. The lowest BCUT2D eigenvalue weighted by atomic mass is 10.1. The number of imidazole rings is 1. The molecule has 0 saturated heterocycles. The molecule has 1 heterocycles. The first kappa shape index (κ1) is 19.2. The molecule has 5 nitrogen and oxygen atoms in total. The van der Waals surface area contributed by atoms with Crippen molar-refractivity contribution in [1.82, 2.24) is 9.55 Å². The number of hydrogen-bond donors (Lipinski definition) is 1. The van der Waals surface area contributed by atoms with Gasteiger partial charge in [-0.05, 0) is 69.6 Å². The van der Waals surface area contributed by atoms with Crippen molar-refractivity contribution in [3.05, 3.63) is 17.9 Å². The summed E-state index contributed by atoms with van der Waals surface area (Å²) in [4.78, 5) is 17.6. The number of fused-ring (bicyclic) bond motifs is 1. The zero-order chi connectivity index (χ0) is 17.5. The topological polar surface area (TPSA) is 58.4 Å². The average molecular weight is 577 g/mol. The normalized spacial score (nSPS) is 12.7. The van der Waals surface area contributed by atoms with Gasteiger partial charge in [0.25, 0.3) is 0 Å². The second-order valence-electron chi connectivity index (χ2n) is 5.57. The van der Waals surface area contributed by atoms with Crippen molar-refractivity contribution in [2.45, 2.75) is 19.9 Å². The summed E-state index contributed by atoms with van der Waals surface area (Å²) in [6.07, 6.45) is 0.114. The van der Waals surface area contributed by atoms with Gasteiger partial charge in [-0.25, -0.2) is 4.98 Å². The summed E-state index contributed by atoms with van der Waals surface area (Å²) in [5.74, 6) is -0.0298. The van der Waals surface area contributed by atoms with Crippen molar-refractivity contribution in [2.24, 2.45) is 5.92 Å². The lowest BCUT2D eigenvalue weighted by Gasteiger charge is -2.18. The van der Waals surface area contributed by atoms with Gasteiger partial charge in [0.1, 0.15) is 5.52 Å². The number of carboxylic acids is 1. The SMILES string of the molecule is CC(CC(=O)O)Cn1c(N(C)C)nc2c(Br)c(Br)c(Br)c(Br)c21. The van der Waals surface area contributed by atoms with Crippen molar-refractivity contribution in [2.75, 3.05) is 19.0 Å². The van der Waals surface area contributed by atoms with Crippen LogP contribution >= 0.6 is 63.7 Å². The van der Waals surface area contributed by atoms with E-state index in [1.54, 1.807) is 0 Å². The van der Waals surface area contributed by atoms with Gasteiger partial charge in [0.15, 0.2) is 0 Å². The van der Waals surface area contributed by atoms with Crippen molar-refractivity contribution in [3.63, 3.8) is 0 Å². The third kappa shape index (κ3) is 3.77. The second-order valence-corrected chi connectivity index (χ2v) is 8.75. The van der Waals surface area contributed by atoms with E-state index in [1.807, 2.05) is 25.9 Å². The predicted molar refractivity (Wildman–Crippen MR) is 106 cm³/mol. The van der Waals surface area contributed by atoms with Crippen LogP contribution in [0.2, 0.25) is 0 Å². The van der Waals surface area contributed by atoms with Gasteiger partial charge in [-0.2, -0.15) is 0 Å². The zero-order valence-corrected chi connectivity index (χ0v) is 19.0. The van der Waals surface area contributed by atoms with Crippen LogP contribution < -0.4 is 4.90 Å². The van der Waals surface area contributed by atoms with E-state index in [0.29, 0.717) is 6.54 Å². The van der Waals surface area contributed by atoms with E-state index >= 15 is 0 Å². The highest BCUT2D eigenvalue weighted by Gasteiger charge is 2.23. The molecule has 126 valence electrons. The van der Waals surface area contributed by atoms with Crippen LogP contribution in [0, 0.1) is 5.92 Å². The van der Waals surface area contributed by atoms with Gasteiger partial charge in [-0.3, -0.25) is 4.79 Å². The third-order valence-electron chi connectivity index (χ3n) is 3.36. The van der Waals surface area contributed by atoms with Crippen molar-refractivity contribution >= 4 is 86.7 Å². The molecule has 1 unspecified atom stereocenters. The average Bonchev–Trinajstić information content (AvgIpc) is 2.81. The third-order valence-corrected chi connectivity index (χ3v) is 8.09. The van der Waals surface area contributed by atoms with Gasteiger partial charge in [0.05, 0.1) is 14.5 Å². The molecular formula is C14H15Br4N3O2. The van der Waals surface area contributed by atoms with Crippen molar-refractivity contribution in [3.8, 4) is 0 Å². The Bertz CT molecular complexity index is 773. The summed E-state index contributed by atoms with van der Waals surface area (Å²) in [6.45, 7) is 2.49. The Morgan fingerprint density at radius 2 is 1.74 bits per heavy atom. The van der Waals surface area contributed by atoms with E-state index in [9.17, 15) is 4.79 Å². The highest BCUT2D eigenvalue weighted by Crippen LogP contribution is 2.44. The van der Waals surface area contributed by atoms with Crippen LogP contribution in [0.5, 0.6) is 0 Å².